The minimum absolute atomic E-state index is 0.0638. The summed E-state index contributed by atoms with van der Waals surface area (Å²) in [6, 6.07) is 6.32. The molecule has 2 amide bonds. The molecule has 4 rings (SSSR count). The number of piperazine rings is 1. The van der Waals surface area contributed by atoms with Crippen molar-refractivity contribution < 1.29 is 14.0 Å². The van der Waals surface area contributed by atoms with Crippen molar-refractivity contribution in [3.63, 3.8) is 0 Å². The van der Waals surface area contributed by atoms with E-state index in [2.05, 4.69) is 15.2 Å². The molecular formula is C23H29FN4O2S. The van der Waals surface area contributed by atoms with Crippen LogP contribution in [0.1, 0.15) is 31.4 Å². The molecule has 0 unspecified atom stereocenters. The number of carbonyl (C=O) groups excluding carboxylic acids is 2. The summed E-state index contributed by atoms with van der Waals surface area (Å²) in [6.07, 6.45) is 4.68. The topological polar surface area (TPSA) is 65.5 Å². The average molecular weight is 445 g/mol. The Morgan fingerprint density at radius 1 is 1.16 bits per heavy atom. The largest absolute Gasteiger partial charge is 0.354 e. The molecule has 1 saturated carbocycles. The van der Waals surface area contributed by atoms with E-state index >= 15 is 0 Å². The van der Waals surface area contributed by atoms with Gasteiger partial charge < -0.3 is 10.2 Å². The Kier molecular flexibility index (Phi) is 7.29. The van der Waals surface area contributed by atoms with E-state index in [0.717, 1.165) is 51.1 Å². The molecule has 1 aliphatic carbocycles. The Morgan fingerprint density at radius 2 is 1.94 bits per heavy atom. The lowest BCUT2D eigenvalue weighted by Crippen LogP contribution is -2.51. The number of benzene rings is 1. The Hall–Kier alpha value is -2.32. The van der Waals surface area contributed by atoms with Gasteiger partial charge >= 0.3 is 0 Å². The number of aromatic nitrogens is 1. The second kappa shape index (κ2) is 10.3. The maximum Gasteiger partial charge on any atom is 0.226 e. The van der Waals surface area contributed by atoms with Crippen LogP contribution < -0.4 is 5.32 Å². The smallest absolute Gasteiger partial charge is 0.226 e. The molecule has 0 bridgehead atoms. The van der Waals surface area contributed by atoms with E-state index in [9.17, 15) is 14.0 Å². The van der Waals surface area contributed by atoms with Crippen molar-refractivity contribution >= 4 is 23.2 Å². The van der Waals surface area contributed by atoms with Gasteiger partial charge in [0.15, 0.2) is 0 Å². The summed E-state index contributed by atoms with van der Waals surface area (Å²) in [5.41, 5.74) is 1.42. The van der Waals surface area contributed by atoms with Crippen molar-refractivity contribution in [3.05, 3.63) is 41.2 Å². The number of thiazole rings is 1. The zero-order chi connectivity index (χ0) is 21.6. The fourth-order valence-electron chi connectivity index (χ4n) is 4.35. The molecule has 166 valence electrons. The van der Waals surface area contributed by atoms with Crippen LogP contribution in [0.3, 0.4) is 0 Å². The number of amides is 2. The summed E-state index contributed by atoms with van der Waals surface area (Å²) in [6.45, 7) is 4.64. The van der Waals surface area contributed by atoms with E-state index in [0.29, 0.717) is 23.2 Å². The quantitative estimate of drug-likeness (QED) is 0.713. The maximum absolute atomic E-state index is 13.4. The maximum atomic E-state index is 13.4. The zero-order valence-electron chi connectivity index (χ0n) is 17.7. The summed E-state index contributed by atoms with van der Waals surface area (Å²) >= 11 is 1.41. The Bertz CT molecular complexity index is 904. The fourth-order valence-corrected chi connectivity index (χ4v) is 5.16. The number of hydrogen-bond donors (Lipinski definition) is 1. The van der Waals surface area contributed by atoms with Gasteiger partial charge in [-0.1, -0.05) is 25.0 Å². The third kappa shape index (κ3) is 5.89. The predicted octanol–water partition coefficient (Wildman–Crippen LogP) is 2.94. The Labute approximate surface area is 186 Å². The van der Waals surface area contributed by atoms with Crippen molar-refractivity contribution in [2.24, 2.45) is 5.92 Å². The highest BCUT2D eigenvalue weighted by atomic mass is 32.1. The fraction of sp³-hybridized carbons (Fsp3) is 0.522. The van der Waals surface area contributed by atoms with E-state index in [1.165, 1.54) is 36.3 Å². The average Bonchev–Trinajstić information content (AvgIpc) is 3.46. The molecule has 0 radical (unpaired) electrons. The first-order valence-corrected chi connectivity index (χ1v) is 11.9. The van der Waals surface area contributed by atoms with Crippen molar-refractivity contribution in [2.45, 2.75) is 32.1 Å². The van der Waals surface area contributed by atoms with Gasteiger partial charge in [-0.05, 0) is 25.0 Å². The second-order valence-corrected chi connectivity index (χ2v) is 9.19. The number of hydrogen-bond acceptors (Lipinski definition) is 5. The van der Waals surface area contributed by atoms with Crippen LogP contribution in [0.25, 0.3) is 10.6 Å². The molecule has 2 aliphatic rings. The Balaban J connectivity index is 1.15. The van der Waals surface area contributed by atoms with Crippen LogP contribution in [0.2, 0.25) is 0 Å². The highest BCUT2D eigenvalue weighted by molar-refractivity contribution is 7.13. The van der Waals surface area contributed by atoms with Gasteiger partial charge in [0.1, 0.15) is 10.8 Å². The molecule has 2 fully saturated rings. The highest BCUT2D eigenvalue weighted by Crippen LogP contribution is 2.27. The minimum Gasteiger partial charge on any atom is -0.354 e. The molecule has 31 heavy (non-hydrogen) atoms. The van der Waals surface area contributed by atoms with Gasteiger partial charge in [-0.15, -0.1) is 11.3 Å². The lowest BCUT2D eigenvalue weighted by molar-refractivity contribution is -0.137. The number of nitrogens with one attached hydrogen (secondary N) is 1. The monoisotopic (exact) mass is 444 g/mol. The molecule has 1 aromatic heterocycles. The second-order valence-electron chi connectivity index (χ2n) is 8.33. The minimum atomic E-state index is -0.296. The van der Waals surface area contributed by atoms with Crippen molar-refractivity contribution in [2.75, 3.05) is 39.3 Å². The molecule has 1 aliphatic heterocycles. The molecular weight excluding hydrogens is 415 g/mol. The van der Waals surface area contributed by atoms with Crippen LogP contribution in [0.5, 0.6) is 0 Å². The molecule has 2 heterocycles. The molecule has 8 heteroatoms. The zero-order valence-corrected chi connectivity index (χ0v) is 18.5. The normalized spacial score (nSPS) is 17.8. The summed E-state index contributed by atoms with van der Waals surface area (Å²) in [4.78, 5) is 33.6. The van der Waals surface area contributed by atoms with Crippen molar-refractivity contribution in [3.8, 4) is 10.6 Å². The molecule has 0 atom stereocenters. The molecule has 1 N–H and O–H groups in total. The molecule has 1 aromatic carbocycles. The number of halogens is 1. The predicted molar refractivity (Wildman–Crippen MR) is 119 cm³/mol. The first-order valence-electron chi connectivity index (χ1n) is 11.1. The van der Waals surface area contributed by atoms with Crippen LogP contribution in [-0.2, 0) is 16.0 Å². The lowest BCUT2D eigenvalue weighted by atomic mass is 10.1. The van der Waals surface area contributed by atoms with Gasteiger partial charge in [-0.3, -0.25) is 14.5 Å². The van der Waals surface area contributed by atoms with Crippen LogP contribution in [0.15, 0.2) is 29.6 Å². The lowest BCUT2D eigenvalue weighted by Gasteiger charge is -2.36. The summed E-state index contributed by atoms with van der Waals surface area (Å²) < 4.78 is 13.4. The van der Waals surface area contributed by atoms with Gasteiger partial charge in [-0.25, -0.2) is 9.37 Å². The summed E-state index contributed by atoms with van der Waals surface area (Å²) in [5, 5.41) is 5.52. The Morgan fingerprint density at radius 3 is 2.68 bits per heavy atom. The molecule has 6 nitrogen and oxygen atoms in total. The van der Waals surface area contributed by atoms with E-state index in [1.807, 2.05) is 16.3 Å². The van der Waals surface area contributed by atoms with Crippen LogP contribution in [0, 0.1) is 11.7 Å². The SMILES string of the molecule is O=C(Cc1csc(-c2cccc(F)c2)n1)NCCN1CCN(C(=O)C2CCCC2)CC1. The van der Waals surface area contributed by atoms with Crippen LogP contribution in [0.4, 0.5) is 4.39 Å². The van der Waals surface area contributed by atoms with E-state index in [1.54, 1.807) is 6.07 Å². The summed E-state index contributed by atoms with van der Waals surface area (Å²) in [5.74, 6) is 0.228. The first-order chi connectivity index (χ1) is 15.1. The van der Waals surface area contributed by atoms with Gasteiger partial charge in [0, 0.05) is 56.1 Å². The van der Waals surface area contributed by atoms with E-state index < -0.39 is 0 Å². The number of rotatable bonds is 7. The van der Waals surface area contributed by atoms with Gasteiger partial charge in [0.25, 0.3) is 0 Å². The molecule has 1 saturated heterocycles. The third-order valence-corrected chi connectivity index (χ3v) is 7.04. The van der Waals surface area contributed by atoms with Gasteiger partial charge in [-0.2, -0.15) is 0 Å². The van der Waals surface area contributed by atoms with Crippen molar-refractivity contribution in [1.29, 1.82) is 0 Å². The molecule has 0 spiro atoms. The van der Waals surface area contributed by atoms with Gasteiger partial charge in [0.05, 0.1) is 12.1 Å². The van der Waals surface area contributed by atoms with E-state index in [4.69, 9.17) is 0 Å². The summed E-state index contributed by atoms with van der Waals surface area (Å²) in [7, 11) is 0. The van der Waals surface area contributed by atoms with E-state index in [-0.39, 0.29) is 24.1 Å². The number of nitrogens with zero attached hydrogens (tertiary/aromatic N) is 3. The standard InChI is InChI=1S/C23H29FN4O2S/c24-19-7-3-6-18(14-19)22-26-20(16-31-22)15-21(29)25-8-9-27-10-12-28(13-11-27)23(30)17-4-1-2-5-17/h3,6-7,14,16-17H,1-2,4-5,8-13,15H2,(H,25,29). The third-order valence-electron chi connectivity index (χ3n) is 6.10. The number of carbonyl (C=O) groups is 2. The molecule has 2 aromatic rings. The van der Waals surface area contributed by atoms with Crippen molar-refractivity contribution in [1.82, 2.24) is 20.1 Å². The first kappa shape index (κ1) is 21.9. The van der Waals surface area contributed by atoms with Crippen LogP contribution >= 0.6 is 11.3 Å². The van der Waals surface area contributed by atoms with Crippen LogP contribution in [-0.4, -0.2) is 65.9 Å². The highest BCUT2D eigenvalue weighted by Gasteiger charge is 2.29. The van der Waals surface area contributed by atoms with Gasteiger partial charge in [0.2, 0.25) is 11.8 Å².